The second-order valence-electron chi connectivity index (χ2n) is 4.50. The fourth-order valence-corrected chi connectivity index (χ4v) is 1.62. The van der Waals surface area contributed by atoms with Gasteiger partial charge in [-0.2, -0.15) is 0 Å². The van der Waals surface area contributed by atoms with Gasteiger partial charge in [0.15, 0.2) is 0 Å². The lowest BCUT2D eigenvalue weighted by Crippen LogP contribution is -2.48. The molecule has 0 fully saturated rings. The molecule has 0 saturated heterocycles. The number of nitrogens with two attached hydrogens (primary N) is 3. The molecule has 5 heteroatoms. The molecule has 0 aliphatic rings. The van der Waals surface area contributed by atoms with Gasteiger partial charge < -0.3 is 22.5 Å². The third kappa shape index (κ3) is 9.09. The normalized spacial score (nSPS) is 14.4. The van der Waals surface area contributed by atoms with E-state index in [-0.39, 0.29) is 12.1 Å². The molecule has 0 aromatic heterocycles. The van der Waals surface area contributed by atoms with E-state index in [1.54, 1.807) is 0 Å². The number of rotatable bonds is 10. The standard InChI is InChI=1S/C12H28N4O/c1-2-3-4-8-11(15)16-12(17)10(14)7-5-6-9-13/h10-11H,2-9,13-15H2,1H3,(H,16,17)/t10-,11?/m0/s1. The molecule has 0 aliphatic carbocycles. The molecule has 0 heterocycles. The van der Waals surface area contributed by atoms with E-state index in [1.165, 1.54) is 0 Å². The fourth-order valence-electron chi connectivity index (χ4n) is 1.62. The van der Waals surface area contributed by atoms with Crippen molar-refractivity contribution in [3.63, 3.8) is 0 Å². The molecule has 7 N–H and O–H groups in total. The Bertz CT molecular complexity index is 199. The minimum absolute atomic E-state index is 0.147. The van der Waals surface area contributed by atoms with Crippen LogP contribution in [-0.4, -0.2) is 24.7 Å². The highest BCUT2D eigenvalue weighted by Gasteiger charge is 2.14. The van der Waals surface area contributed by atoms with Crippen molar-refractivity contribution in [2.45, 2.75) is 64.1 Å². The largest absolute Gasteiger partial charge is 0.340 e. The van der Waals surface area contributed by atoms with Crippen LogP contribution >= 0.6 is 0 Å². The van der Waals surface area contributed by atoms with Gasteiger partial charge in [-0.05, 0) is 25.8 Å². The van der Waals surface area contributed by atoms with E-state index in [0.29, 0.717) is 13.0 Å². The van der Waals surface area contributed by atoms with E-state index < -0.39 is 6.04 Å². The number of unbranched alkanes of at least 4 members (excludes halogenated alkanes) is 3. The molecule has 1 unspecified atom stereocenters. The second kappa shape index (κ2) is 10.5. The molecule has 0 saturated carbocycles. The highest BCUT2D eigenvalue weighted by atomic mass is 16.2. The summed E-state index contributed by atoms with van der Waals surface area (Å²) in [5.41, 5.74) is 16.9. The lowest BCUT2D eigenvalue weighted by molar-refractivity contribution is -0.123. The highest BCUT2D eigenvalue weighted by Crippen LogP contribution is 2.02. The smallest absolute Gasteiger partial charge is 0.238 e. The van der Waals surface area contributed by atoms with Crippen LogP contribution in [0.5, 0.6) is 0 Å². The molecule has 2 atom stereocenters. The van der Waals surface area contributed by atoms with E-state index in [0.717, 1.165) is 38.5 Å². The Morgan fingerprint density at radius 2 is 1.76 bits per heavy atom. The summed E-state index contributed by atoms with van der Waals surface area (Å²) >= 11 is 0. The van der Waals surface area contributed by atoms with Crippen molar-refractivity contribution in [2.75, 3.05) is 6.54 Å². The maximum atomic E-state index is 11.6. The molecule has 0 bridgehead atoms. The highest BCUT2D eigenvalue weighted by molar-refractivity contribution is 5.81. The summed E-state index contributed by atoms with van der Waals surface area (Å²) in [4.78, 5) is 11.6. The van der Waals surface area contributed by atoms with E-state index in [2.05, 4.69) is 12.2 Å². The van der Waals surface area contributed by atoms with Gasteiger partial charge in [-0.15, -0.1) is 0 Å². The predicted octanol–water partition coefficient (Wildman–Crippen LogP) is 0.424. The van der Waals surface area contributed by atoms with Gasteiger partial charge in [0.2, 0.25) is 5.91 Å². The summed E-state index contributed by atoms with van der Waals surface area (Å²) in [6, 6.07) is -0.459. The molecular weight excluding hydrogens is 216 g/mol. The Hall–Kier alpha value is -0.650. The maximum absolute atomic E-state index is 11.6. The maximum Gasteiger partial charge on any atom is 0.238 e. The van der Waals surface area contributed by atoms with Crippen LogP contribution in [-0.2, 0) is 4.79 Å². The Labute approximate surface area is 104 Å². The summed E-state index contributed by atoms with van der Waals surface area (Å²) in [5.74, 6) is -0.147. The van der Waals surface area contributed by atoms with Crippen molar-refractivity contribution in [3.05, 3.63) is 0 Å². The van der Waals surface area contributed by atoms with Gasteiger partial charge in [-0.25, -0.2) is 0 Å². The van der Waals surface area contributed by atoms with Crippen LogP contribution in [0.25, 0.3) is 0 Å². The zero-order valence-electron chi connectivity index (χ0n) is 11.0. The third-order valence-electron chi connectivity index (χ3n) is 2.75. The van der Waals surface area contributed by atoms with E-state index in [9.17, 15) is 4.79 Å². The van der Waals surface area contributed by atoms with Crippen LogP contribution in [0.3, 0.4) is 0 Å². The molecule has 0 rings (SSSR count). The van der Waals surface area contributed by atoms with Crippen LogP contribution in [0.1, 0.15) is 51.9 Å². The van der Waals surface area contributed by atoms with Crippen LogP contribution in [0.15, 0.2) is 0 Å². The quantitative estimate of drug-likeness (QED) is 0.330. The minimum atomic E-state index is -0.459. The minimum Gasteiger partial charge on any atom is -0.340 e. The topological polar surface area (TPSA) is 107 Å². The number of nitrogens with one attached hydrogen (secondary N) is 1. The first-order chi connectivity index (χ1) is 8.11. The van der Waals surface area contributed by atoms with Crippen LogP contribution in [0, 0.1) is 0 Å². The Balaban J connectivity index is 3.67. The average molecular weight is 244 g/mol. The van der Waals surface area contributed by atoms with Crippen molar-refractivity contribution < 1.29 is 4.79 Å². The van der Waals surface area contributed by atoms with Gasteiger partial charge in [0.25, 0.3) is 0 Å². The molecule has 17 heavy (non-hydrogen) atoms. The summed E-state index contributed by atoms with van der Waals surface area (Å²) in [6.45, 7) is 2.78. The Morgan fingerprint density at radius 1 is 1.12 bits per heavy atom. The summed E-state index contributed by atoms with van der Waals surface area (Å²) < 4.78 is 0. The van der Waals surface area contributed by atoms with Crippen molar-refractivity contribution >= 4 is 5.91 Å². The fraction of sp³-hybridized carbons (Fsp3) is 0.917. The van der Waals surface area contributed by atoms with Gasteiger partial charge in [-0.1, -0.05) is 32.6 Å². The average Bonchev–Trinajstić information content (AvgIpc) is 2.29. The zero-order chi connectivity index (χ0) is 13.1. The number of hydrogen-bond donors (Lipinski definition) is 4. The van der Waals surface area contributed by atoms with E-state index in [1.807, 2.05) is 0 Å². The molecule has 5 nitrogen and oxygen atoms in total. The first kappa shape index (κ1) is 16.4. The van der Waals surface area contributed by atoms with Crippen LogP contribution in [0.2, 0.25) is 0 Å². The zero-order valence-corrected chi connectivity index (χ0v) is 11.0. The summed E-state index contributed by atoms with van der Waals surface area (Å²) in [7, 11) is 0. The first-order valence-corrected chi connectivity index (χ1v) is 6.63. The Morgan fingerprint density at radius 3 is 2.35 bits per heavy atom. The molecule has 0 aromatic rings. The van der Waals surface area contributed by atoms with Gasteiger partial charge in [0, 0.05) is 0 Å². The van der Waals surface area contributed by atoms with Gasteiger partial charge >= 0.3 is 0 Å². The summed E-state index contributed by atoms with van der Waals surface area (Å²) in [5, 5.41) is 2.75. The van der Waals surface area contributed by atoms with Crippen molar-refractivity contribution in [3.8, 4) is 0 Å². The lowest BCUT2D eigenvalue weighted by atomic mass is 10.1. The van der Waals surface area contributed by atoms with Gasteiger partial charge in [0.05, 0.1) is 12.2 Å². The molecule has 102 valence electrons. The number of carbonyl (C=O) groups is 1. The van der Waals surface area contributed by atoms with E-state index >= 15 is 0 Å². The predicted molar refractivity (Wildman–Crippen MR) is 71.1 cm³/mol. The number of amides is 1. The van der Waals surface area contributed by atoms with E-state index in [4.69, 9.17) is 17.2 Å². The van der Waals surface area contributed by atoms with Crippen LogP contribution < -0.4 is 22.5 Å². The van der Waals surface area contributed by atoms with Gasteiger partial charge in [-0.3, -0.25) is 4.79 Å². The van der Waals surface area contributed by atoms with Crippen molar-refractivity contribution in [2.24, 2.45) is 17.2 Å². The van der Waals surface area contributed by atoms with Crippen LogP contribution in [0.4, 0.5) is 0 Å². The van der Waals surface area contributed by atoms with Crippen molar-refractivity contribution in [1.82, 2.24) is 5.32 Å². The molecule has 0 spiro atoms. The number of hydrogen-bond acceptors (Lipinski definition) is 4. The van der Waals surface area contributed by atoms with Gasteiger partial charge in [0.1, 0.15) is 0 Å². The Kier molecular flexibility index (Phi) is 10.1. The summed E-state index contributed by atoms with van der Waals surface area (Å²) in [6.07, 6.45) is 6.35. The number of carbonyl (C=O) groups excluding carboxylic acids is 1. The lowest BCUT2D eigenvalue weighted by Gasteiger charge is -2.17. The third-order valence-corrected chi connectivity index (χ3v) is 2.75. The SMILES string of the molecule is CCCCCC(N)NC(=O)[C@@H](N)CCCCN. The first-order valence-electron chi connectivity index (χ1n) is 6.63. The molecule has 0 radical (unpaired) electrons. The molecule has 0 aliphatic heterocycles. The van der Waals surface area contributed by atoms with Crippen molar-refractivity contribution in [1.29, 1.82) is 0 Å². The molecule has 0 aromatic carbocycles. The monoisotopic (exact) mass is 244 g/mol. The molecular formula is C12H28N4O. The second-order valence-corrected chi connectivity index (χ2v) is 4.50. The molecule has 1 amide bonds.